The van der Waals surface area contributed by atoms with E-state index in [0.717, 1.165) is 27.6 Å². The van der Waals surface area contributed by atoms with Crippen LogP contribution in [0, 0.1) is 0 Å². The van der Waals surface area contributed by atoms with Crippen LogP contribution in [-0.4, -0.2) is 46.1 Å². The molecule has 1 fully saturated rings. The molecule has 39 heavy (non-hydrogen) atoms. The summed E-state index contributed by atoms with van der Waals surface area (Å²) in [6, 6.07) is 23.4. The Hall–Kier alpha value is -4.83. The molecule has 1 aliphatic rings. The van der Waals surface area contributed by atoms with Gasteiger partial charge in [-0.15, -0.1) is 0 Å². The van der Waals surface area contributed by atoms with Crippen LogP contribution in [0.5, 0.6) is 5.75 Å². The van der Waals surface area contributed by atoms with Gasteiger partial charge in [-0.05, 0) is 60.3 Å². The molecule has 1 aromatic heterocycles. The van der Waals surface area contributed by atoms with Crippen molar-refractivity contribution in [3.05, 3.63) is 95.5 Å². The van der Waals surface area contributed by atoms with E-state index >= 15 is 0 Å². The summed E-state index contributed by atoms with van der Waals surface area (Å²) in [6.45, 7) is -0.342. The second-order valence-corrected chi connectivity index (χ2v) is 9.68. The fourth-order valence-electron chi connectivity index (χ4n) is 4.19. The number of benzene rings is 3. The number of aromatic nitrogens is 1. The highest BCUT2D eigenvalue weighted by Crippen LogP contribution is 2.34. The van der Waals surface area contributed by atoms with Crippen molar-refractivity contribution in [3.63, 3.8) is 0 Å². The lowest BCUT2D eigenvalue weighted by Gasteiger charge is -2.12. The summed E-state index contributed by atoms with van der Waals surface area (Å²) < 4.78 is 6.90. The Kier molecular flexibility index (Phi) is 7.46. The molecule has 0 aliphatic carbocycles. The average Bonchev–Trinajstić information content (AvgIpc) is 3.41. The molecular formula is C29H24N4O5S. The Morgan fingerprint density at radius 1 is 0.846 bits per heavy atom. The highest BCUT2D eigenvalue weighted by molar-refractivity contribution is 8.18. The smallest absolute Gasteiger partial charge is 0.294 e. The maximum Gasteiger partial charge on any atom is 0.294 e. The van der Waals surface area contributed by atoms with Gasteiger partial charge < -0.3 is 19.9 Å². The Bertz CT molecular complexity index is 1600. The Morgan fingerprint density at radius 3 is 2.21 bits per heavy atom. The summed E-state index contributed by atoms with van der Waals surface area (Å²) in [7, 11) is 1.54. The lowest BCUT2D eigenvalue weighted by Crippen LogP contribution is -2.36. The molecule has 5 rings (SSSR count). The van der Waals surface area contributed by atoms with Gasteiger partial charge in [-0.2, -0.15) is 0 Å². The number of ether oxygens (including phenoxy) is 1. The van der Waals surface area contributed by atoms with E-state index in [1.54, 1.807) is 48.2 Å². The first-order valence-electron chi connectivity index (χ1n) is 12.0. The molecule has 2 N–H and O–H groups in total. The summed E-state index contributed by atoms with van der Waals surface area (Å²) in [5.41, 5.74) is 2.72. The molecule has 0 saturated carbocycles. The van der Waals surface area contributed by atoms with Gasteiger partial charge in [0, 0.05) is 34.0 Å². The first-order chi connectivity index (χ1) is 18.9. The van der Waals surface area contributed by atoms with Gasteiger partial charge in [0.25, 0.3) is 11.1 Å². The minimum absolute atomic E-state index is 0.0657. The third-order valence-electron chi connectivity index (χ3n) is 6.03. The fourth-order valence-corrected chi connectivity index (χ4v) is 5.02. The Labute approximate surface area is 228 Å². The molecule has 9 nitrogen and oxygen atoms in total. The number of nitrogens with zero attached hydrogens (tertiary/aromatic N) is 2. The quantitative estimate of drug-likeness (QED) is 0.306. The van der Waals surface area contributed by atoms with Crippen molar-refractivity contribution in [3.8, 4) is 5.75 Å². The van der Waals surface area contributed by atoms with Crippen molar-refractivity contribution < 1.29 is 23.9 Å². The molecule has 1 aliphatic heterocycles. The van der Waals surface area contributed by atoms with E-state index in [4.69, 9.17) is 4.74 Å². The van der Waals surface area contributed by atoms with Gasteiger partial charge in [-0.25, -0.2) is 0 Å². The zero-order valence-corrected chi connectivity index (χ0v) is 21.7. The summed E-state index contributed by atoms with van der Waals surface area (Å²) in [5, 5.41) is 5.85. The second-order valence-electron chi connectivity index (χ2n) is 8.69. The molecule has 196 valence electrons. The number of fused-ring (bicyclic) bond motifs is 1. The van der Waals surface area contributed by atoms with Crippen LogP contribution in [0.2, 0.25) is 0 Å². The number of thioether (sulfide) groups is 1. The third-order valence-corrected chi connectivity index (χ3v) is 6.93. The topological polar surface area (TPSA) is 110 Å². The van der Waals surface area contributed by atoms with Crippen LogP contribution in [0.4, 0.5) is 16.2 Å². The van der Waals surface area contributed by atoms with E-state index in [1.165, 1.54) is 0 Å². The maximum atomic E-state index is 13.1. The predicted octanol–water partition coefficient (Wildman–Crippen LogP) is 4.96. The highest BCUT2D eigenvalue weighted by atomic mass is 32.2. The SMILES string of the molecule is COc1ccc(NC(=O)CN2C(=O)S/C(=C/c3cn(CC(=O)Nc4ccccc4)c4ccccc34)C2=O)cc1. The van der Waals surface area contributed by atoms with Gasteiger partial charge in [0.15, 0.2) is 0 Å². The van der Waals surface area contributed by atoms with E-state index in [0.29, 0.717) is 22.7 Å². The number of carbonyl (C=O) groups is 4. The lowest BCUT2D eigenvalue weighted by atomic mass is 10.1. The van der Waals surface area contributed by atoms with Crippen LogP contribution < -0.4 is 15.4 Å². The zero-order chi connectivity index (χ0) is 27.4. The van der Waals surface area contributed by atoms with E-state index in [1.807, 2.05) is 54.6 Å². The number of rotatable bonds is 8. The molecule has 2 heterocycles. The number of nitrogens with one attached hydrogen (secondary N) is 2. The second kappa shape index (κ2) is 11.3. The highest BCUT2D eigenvalue weighted by Gasteiger charge is 2.36. The van der Waals surface area contributed by atoms with Crippen molar-refractivity contribution in [1.82, 2.24) is 9.47 Å². The lowest BCUT2D eigenvalue weighted by molar-refractivity contribution is -0.127. The molecule has 0 atom stereocenters. The first kappa shape index (κ1) is 25.8. The Balaban J connectivity index is 1.31. The largest absolute Gasteiger partial charge is 0.497 e. The minimum Gasteiger partial charge on any atom is -0.497 e. The van der Waals surface area contributed by atoms with Crippen LogP contribution in [0.3, 0.4) is 0 Å². The number of hydrogen-bond acceptors (Lipinski definition) is 6. The van der Waals surface area contributed by atoms with Crippen LogP contribution in [-0.2, 0) is 20.9 Å². The first-order valence-corrected chi connectivity index (χ1v) is 12.8. The molecule has 0 unspecified atom stereocenters. The molecular weight excluding hydrogens is 516 g/mol. The molecule has 0 bridgehead atoms. The normalized spacial score (nSPS) is 14.2. The van der Waals surface area contributed by atoms with Gasteiger partial charge in [-0.1, -0.05) is 36.4 Å². The van der Waals surface area contributed by atoms with Crippen LogP contribution >= 0.6 is 11.8 Å². The van der Waals surface area contributed by atoms with Crippen molar-refractivity contribution in [2.24, 2.45) is 0 Å². The predicted molar refractivity (Wildman–Crippen MR) is 151 cm³/mol. The summed E-state index contributed by atoms with van der Waals surface area (Å²) in [4.78, 5) is 52.0. The van der Waals surface area contributed by atoms with E-state index in [9.17, 15) is 19.2 Å². The van der Waals surface area contributed by atoms with E-state index < -0.39 is 23.6 Å². The molecule has 10 heteroatoms. The van der Waals surface area contributed by atoms with Crippen LogP contribution in [0.25, 0.3) is 17.0 Å². The van der Waals surface area contributed by atoms with Crippen LogP contribution in [0.15, 0.2) is 90.0 Å². The molecule has 3 aromatic carbocycles. The molecule has 0 radical (unpaired) electrons. The van der Waals surface area contributed by atoms with Gasteiger partial charge >= 0.3 is 0 Å². The van der Waals surface area contributed by atoms with Crippen molar-refractivity contribution in [1.29, 1.82) is 0 Å². The van der Waals surface area contributed by atoms with Gasteiger partial charge in [0.05, 0.1) is 12.0 Å². The number of amides is 4. The number of hydrogen-bond donors (Lipinski definition) is 2. The number of para-hydroxylation sites is 2. The molecule has 0 spiro atoms. The minimum atomic E-state index is -0.548. The maximum absolute atomic E-state index is 13.1. The van der Waals surface area contributed by atoms with Gasteiger partial charge in [0.1, 0.15) is 18.8 Å². The van der Waals surface area contributed by atoms with Gasteiger partial charge in [0.2, 0.25) is 11.8 Å². The molecule has 4 amide bonds. The van der Waals surface area contributed by atoms with Crippen LogP contribution in [0.1, 0.15) is 5.56 Å². The monoisotopic (exact) mass is 540 g/mol. The summed E-state index contributed by atoms with van der Waals surface area (Å²) >= 11 is 0.777. The number of anilines is 2. The van der Waals surface area contributed by atoms with E-state index in [2.05, 4.69) is 10.6 Å². The van der Waals surface area contributed by atoms with Crippen molar-refractivity contribution in [2.45, 2.75) is 6.54 Å². The van der Waals surface area contributed by atoms with Crippen molar-refractivity contribution in [2.75, 3.05) is 24.3 Å². The standard InChI is InChI=1S/C29H24N4O5S/c1-38-22-13-11-21(12-14-22)31-27(35)18-33-28(36)25(39-29(33)37)15-19-16-32(24-10-6-5-9-23(19)24)17-26(34)30-20-7-3-2-4-8-20/h2-16H,17-18H2,1H3,(H,30,34)(H,31,35)/b25-15+. The number of imide groups is 1. The van der Waals surface area contributed by atoms with E-state index in [-0.39, 0.29) is 17.4 Å². The van der Waals surface area contributed by atoms with Crippen molar-refractivity contribution >= 4 is 63.1 Å². The number of carbonyl (C=O) groups excluding carboxylic acids is 4. The summed E-state index contributed by atoms with van der Waals surface area (Å²) in [6.07, 6.45) is 3.40. The fraction of sp³-hybridized carbons (Fsp3) is 0.103. The summed E-state index contributed by atoms with van der Waals surface area (Å²) in [5.74, 6) is -0.600. The molecule has 1 saturated heterocycles. The average molecular weight is 541 g/mol. The molecule has 4 aromatic rings. The number of methoxy groups -OCH3 is 1. The van der Waals surface area contributed by atoms with Gasteiger partial charge in [-0.3, -0.25) is 24.1 Å². The third kappa shape index (κ3) is 5.86. The Morgan fingerprint density at radius 2 is 1.49 bits per heavy atom. The zero-order valence-electron chi connectivity index (χ0n) is 20.9.